The maximum Gasteiger partial charge on any atom is 0.363 e. The lowest BCUT2D eigenvalue weighted by atomic mass is 10.3. The monoisotopic (exact) mass is 281 g/mol. The summed E-state index contributed by atoms with van der Waals surface area (Å²) in [5.74, 6) is -1.82. The lowest BCUT2D eigenvalue weighted by Crippen LogP contribution is -2.07. The van der Waals surface area contributed by atoms with Gasteiger partial charge in [0.2, 0.25) is 5.69 Å². The maximum atomic E-state index is 12.9. The summed E-state index contributed by atoms with van der Waals surface area (Å²) in [7, 11) is 0. The highest BCUT2D eigenvalue weighted by Gasteiger charge is 2.25. The molecule has 0 radical (unpaired) electrons. The van der Waals surface area contributed by atoms with E-state index in [9.17, 15) is 19.3 Å². The summed E-state index contributed by atoms with van der Waals surface area (Å²) < 4.78 is 19.0. The Morgan fingerprint density at radius 2 is 2.30 bits per heavy atom. The van der Waals surface area contributed by atoms with Gasteiger partial charge in [0.15, 0.2) is 6.73 Å². The molecule has 1 aromatic carbocycles. The van der Waals surface area contributed by atoms with Crippen LogP contribution in [-0.4, -0.2) is 25.8 Å². The van der Waals surface area contributed by atoms with E-state index >= 15 is 0 Å². The van der Waals surface area contributed by atoms with Crippen molar-refractivity contribution < 1.29 is 24.0 Å². The number of carboxylic acids is 1. The second kappa shape index (κ2) is 5.34. The molecule has 20 heavy (non-hydrogen) atoms. The Kier molecular flexibility index (Phi) is 3.60. The molecule has 2 rings (SSSR count). The van der Waals surface area contributed by atoms with Crippen molar-refractivity contribution in [2.45, 2.75) is 6.73 Å². The highest BCUT2D eigenvalue weighted by Crippen LogP contribution is 2.17. The molecule has 1 heterocycles. The molecule has 0 aliphatic carbocycles. The Labute approximate surface area is 111 Å². The first kappa shape index (κ1) is 13.5. The summed E-state index contributed by atoms with van der Waals surface area (Å²) >= 11 is 0. The van der Waals surface area contributed by atoms with Gasteiger partial charge in [-0.1, -0.05) is 6.07 Å². The Bertz CT molecular complexity index is 638. The fraction of sp³-hybridized carbons (Fsp3) is 0.0909. The molecule has 8 nitrogen and oxygen atoms in total. The number of nitrogens with zero attached hydrogens (tertiary/aromatic N) is 3. The molecule has 9 heteroatoms. The lowest BCUT2D eigenvalue weighted by molar-refractivity contribution is -0.385. The minimum atomic E-state index is -1.51. The van der Waals surface area contributed by atoms with Gasteiger partial charge in [0, 0.05) is 6.07 Å². The number of ether oxygens (including phenoxy) is 1. The van der Waals surface area contributed by atoms with Gasteiger partial charge in [0.25, 0.3) is 0 Å². The summed E-state index contributed by atoms with van der Waals surface area (Å²) in [5.41, 5.74) is -1.32. The molecular formula is C11H8FN3O5. The van der Waals surface area contributed by atoms with Gasteiger partial charge in [-0.15, -0.1) is 0 Å². The van der Waals surface area contributed by atoms with Crippen molar-refractivity contribution in [3.05, 3.63) is 52.1 Å². The zero-order valence-corrected chi connectivity index (χ0v) is 9.89. The first-order valence-electron chi connectivity index (χ1n) is 5.31. The smallest absolute Gasteiger partial charge is 0.363 e. The molecule has 0 saturated carbocycles. The van der Waals surface area contributed by atoms with Crippen LogP contribution in [0.4, 0.5) is 10.1 Å². The highest BCUT2D eigenvalue weighted by molar-refractivity contribution is 5.89. The molecule has 0 saturated heterocycles. The van der Waals surface area contributed by atoms with E-state index in [0.717, 1.165) is 16.9 Å². The third-order valence-corrected chi connectivity index (χ3v) is 2.30. The van der Waals surface area contributed by atoms with Gasteiger partial charge in [-0.25, -0.2) is 13.9 Å². The highest BCUT2D eigenvalue weighted by atomic mass is 19.1. The predicted octanol–water partition coefficient (Wildman–Crippen LogP) is 1.67. The van der Waals surface area contributed by atoms with E-state index in [1.54, 1.807) is 0 Å². The van der Waals surface area contributed by atoms with E-state index in [1.165, 1.54) is 18.2 Å². The van der Waals surface area contributed by atoms with E-state index in [0.29, 0.717) is 0 Å². The molecule has 0 bridgehead atoms. The van der Waals surface area contributed by atoms with Crippen LogP contribution in [0, 0.1) is 15.9 Å². The van der Waals surface area contributed by atoms with Crippen molar-refractivity contribution in [3.63, 3.8) is 0 Å². The summed E-state index contributed by atoms with van der Waals surface area (Å²) in [6.07, 6.45) is 0.933. The van der Waals surface area contributed by atoms with E-state index in [1.807, 2.05) is 0 Å². The fourth-order valence-electron chi connectivity index (χ4n) is 1.46. The van der Waals surface area contributed by atoms with E-state index in [-0.39, 0.29) is 12.5 Å². The third-order valence-electron chi connectivity index (χ3n) is 2.30. The van der Waals surface area contributed by atoms with Gasteiger partial charge in [-0.3, -0.25) is 10.1 Å². The van der Waals surface area contributed by atoms with Crippen molar-refractivity contribution in [2.24, 2.45) is 0 Å². The quantitative estimate of drug-likeness (QED) is 0.659. The molecule has 0 atom stereocenters. The number of aromatic nitrogens is 2. The van der Waals surface area contributed by atoms with E-state index in [2.05, 4.69) is 5.10 Å². The minimum absolute atomic E-state index is 0.194. The Balaban J connectivity index is 2.16. The number of halogens is 1. The van der Waals surface area contributed by atoms with Crippen LogP contribution in [0.3, 0.4) is 0 Å². The Morgan fingerprint density at radius 3 is 2.85 bits per heavy atom. The number of aromatic carboxylic acids is 1. The van der Waals surface area contributed by atoms with Gasteiger partial charge < -0.3 is 9.84 Å². The van der Waals surface area contributed by atoms with Crippen molar-refractivity contribution in [2.75, 3.05) is 0 Å². The van der Waals surface area contributed by atoms with Crippen LogP contribution in [0.1, 0.15) is 10.5 Å². The van der Waals surface area contributed by atoms with Crippen molar-refractivity contribution in [1.82, 2.24) is 9.78 Å². The van der Waals surface area contributed by atoms with Gasteiger partial charge >= 0.3 is 11.7 Å². The molecule has 0 unspecified atom stereocenters. The lowest BCUT2D eigenvalue weighted by Gasteiger charge is -2.05. The summed E-state index contributed by atoms with van der Waals surface area (Å²) in [4.78, 5) is 20.6. The van der Waals surface area contributed by atoms with Crippen molar-refractivity contribution >= 4 is 11.7 Å². The van der Waals surface area contributed by atoms with Crippen LogP contribution in [0.2, 0.25) is 0 Å². The topological polar surface area (TPSA) is 107 Å². The van der Waals surface area contributed by atoms with Crippen LogP contribution in [-0.2, 0) is 6.73 Å². The second-order valence-corrected chi connectivity index (χ2v) is 3.70. The molecule has 2 aromatic rings. The number of hydrogen-bond donors (Lipinski definition) is 1. The predicted molar refractivity (Wildman–Crippen MR) is 62.9 cm³/mol. The minimum Gasteiger partial charge on any atom is -0.476 e. The zero-order valence-electron chi connectivity index (χ0n) is 9.89. The zero-order chi connectivity index (χ0) is 14.7. The molecule has 1 aromatic heterocycles. The maximum absolute atomic E-state index is 12.9. The Morgan fingerprint density at radius 1 is 1.55 bits per heavy atom. The van der Waals surface area contributed by atoms with Crippen LogP contribution in [0.15, 0.2) is 30.5 Å². The third kappa shape index (κ3) is 2.88. The van der Waals surface area contributed by atoms with Gasteiger partial charge in [-0.05, 0) is 12.1 Å². The number of nitro groups is 1. The van der Waals surface area contributed by atoms with Gasteiger partial charge in [0.05, 0.1) is 4.92 Å². The van der Waals surface area contributed by atoms with Gasteiger partial charge in [0.1, 0.15) is 17.8 Å². The summed E-state index contributed by atoms with van der Waals surface area (Å²) in [5, 5.41) is 23.0. The molecule has 0 aliphatic rings. The van der Waals surface area contributed by atoms with Crippen molar-refractivity contribution in [3.8, 4) is 5.75 Å². The number of hydrogen-bond acceptors (Lipinski definition) is 5. The number of carbonyl (C=O) groups is 1. The first-order valence-corrected chi connectivity index (χ1v) is 5.31. The van der Waals surface area contributed by atoms with Crippen LogP contribution in [0.25, 0.3) is 0 Å². The van der Waals surface area contributed by atoms with Crippen LogP contribution < -0.4 is 4.74 Å². The van der Waals surface area contributed by atoms with E-state index < -0.39 is 28.1 Å². The van der Waals surface area contributed by atoms with Crippen LogP contribution >= 0.6 is 0 Å². The summed E-state index contributed by atoms with van der Waals surface area (Å²) in [6.45, 7) is -0.280. The average molecular weight is 281 g/mol. The molecule has 1 N–H and O–H groups in total. The van der Waals surface area contributed by atoms with Gasteiger partial charge in [-0.2, -0.15) is 5.10 Å². The van der Waals surface area contributed by atoms with Crippen LogP contribution in [0.5, 0.6) is 5.75 Å². The van der Waals surface area contributed by atoms with Crippen molar-refractivity contribution in [1.29, 1.82) is 0 Å². The number of carboxylic acid groups (broad SMARTS) is 1. The normalized spacial score (nSPS) is 10.2. The number of benzene rings is 1. The standard InChI is InChI=1S/C11H8FN3O5/c12-7-2-1-3-8(4-7)20-6-14-5-9(15(18)19)10(13-14)11(16)17/h1-5H,6H2,(H,16,17). The molecular weight excluding hydrogens is 273 g/mol. The first-order chi connectivity index (χ1) is 9.47. The molecule has 0 fully saturated rings. The summed E-state index contributed by atoms with van der Waals surface area (Å²) in [6, 6.07) is 5.27. The average Bonchev–Trinajstić information content (AvgIpc) is 2.81. The molecule has 0 amide bonds. The molecule has 0 spiro atoms. The SMILES string of the molecule is O=C(O)c1nn(COc2cccc(F)c2)cc1[N+](=O)[O-]. The fourth-order valence-corrected chi connectivity index (χ4v) is 1.46. The second-order valence-electron chi connectivity index (χ2n) is 3.70. The molecule has 104 valence electrons. The molecule has 0 aliphatic heterocycles. The van der Waals surface area contributed by atoms with E-state index in [4.69, 9.17) is 9.84 Å². The number of rotatable bonds is 5. The Hall–Kier alpha value is -2.97. The largest absolute Gasteiger partial charge is 0.476 e.